The van der Waals surface area contributed by atoms with Gasteiger partial charge in [0.2, 0.25) is 5.95 Å². The van der Waals surface area contributed by atoms with Crippen molar-refractivity contribution in [3.05, 3.63) is 71.5 Å². The molecule has 0 aliphatic carbocycles. The second-order valence-electron chi connectivity index (χ2n) is 6.64. The maximum Gasteiger partial charge on any atom is 0.277 e. The summed E-state index contributed by atoms with van der Waals surface area (Å²) in [4.78, 5) is 23.4. The zero-order valence-corrected chi connectivity index (χ0v) is 16.4. The van der Waals surface area contributed by atoms with E-state index in [0.717, 1.165) is 17.7 Å². The number of ether oxygens (including phenoxy) is 2. The number of anilines is 2. The number of nitrogens with zero attached hydrogens (tertiary/aromatic N) is 3. The normalized spacial score (nSPS) is 12.4. The van der Waals surface area contributed by atoms with Gasteiger partial charge in [0.25, 0.3) is 5.91 Å². The molecule has 0 atom stereocenters. The van der Waals surface area contributed by atoms with Crippen LogP contribution in [0.1, 0.15) is 21.6 Å². The molecule has 1 aliphatic heterocycles. The van der Waals surface area contributed by atoms with Gasteiger partial charge in [-0.15, -0.1) is 0 Å². The van der Waals surface area contributed by atoms with Crippen LogP contribution >= 0.6 is 0 Å². The van der Waals surface area contributed by atoms with Crippen LogP contribution in [-0.4, -0.2) is 36.6 Å². The Morgan fingerprint density at radius 1 is 1.10 bits per heavy atom. The Morgan fingerprint density at radius 3 is 2.76 bits per heavy atom. The molecular weight excluding hydrogens is 368 g/mol. The Hall–Kier alpha value is -3.61. The first-order valence-electron chi connectivity index (χ1n) is 9.37. The molecule has 0 saturated carbocycles. The molecule has 1 aromatic heterocycles. The Labute approximate surface area is 169 Å². The monoisotopic (exact) mass is 390 g/mol. The summed E-state index contributed by atoms with van der Waals surface area (Å²) in [5, 5.41) is 3.17. The zero-order valence-electron chi connectivity index (χ0n) is 16.4. The smallest absolute Gasteiger partial charge is 0.277 e. The van der Waals surface area contributed by atoms with Crippen molar-refractivity contribution in [1.29, 1.82) is 0 Å². The van der Waals surface area contributed by atoms with Gasteiger partial charge in [0, 0.05) is 25.0 Å². The first kappa shape index (κ1) is 18.7. The number of nitrogens with one attached hydrogen (secondary N) is 1. The number of carbonyl (C=O) groups excluding carboxylic acids is 1. The summed E-state index contributed by atoms with van der Waals surface area (Å²) in [7, 11) is 3.20. The van der Waals surface area contributed by atoms with E-state index in [-0.39, 0.29) is 5.91 Å². The summed E-state index contributed by atoms with van der Waals surface area (Å²) < 4.78 is 10.6. The summed E-state index contributed by atoms with van der Waals surface area (Å²) in [6, 6.07) is 15.3. The summed E-state index contributed by atoms with van der Waals surface area (Å²) in [5.74, 6) is 1.61. The van der Waals surface area contributed by atoms with Crippen LogP contribution in [0.15, 0.2) is 54.7 Å². The molecular formula is C22H22N4O3. The van der Waals surface area contributed by atoms with Crippen molar-refractivity contribution in [1.82, 2.24) is 9.97 Å². The van der Waals surface area contributed by atoms with Gasteiger partial charge in [-0.1, -0.05) is 24.3 Å². The van der Waals surface area contributed by atoms with Gasteiger partial charge in [0.1, 0.15) is 5.69 Å². The first-order chi connectivity index (χ1) is 14.2. The Bertz CT molecular complexity index is 1040. The van der Waals surface area contributed by atoms with E-state index in [0.29, 0.717) is 36.2 Å². The predicted octanol–water partition coefficient (Wildman–Crippen LogP) is 3.31. The lowest BCUT2D eigenvalue weighted by molar-refractivity contribution is 0.0984. The summed E-state index contributed by atoms with van der Waals surface area (Å²) in [5.41, 5.74) is 3.49. The Morgan fingerprint density at radius 2 is 1.93 bits per heavy atom. The van der Waals surface area contributed by atoms with Crippen molar-refractivity contribution < 1.29 is 14.3 Å². The van der Waals surface area contributed by atoms with Crippen LogP contribution in [0.2, 0.25) is 0 Å². The molecule has 1 aliphatic rings. The van der Waals surface area contributed by atoms with E-state index >= 15 is 0 Å². The van der Waals surface area contributed by atoms with E-state index in [1.54, 1.807) is 31.4 Å². The fourth-order valence-electron chi connectivity index (χ4n) is 3.42. The van der Waals surface area contributed by atoms with Gasteiger partial charge in [0.15, 0.2) is 11.5 Å². The Kier molecular flexibility index (Phi) is 5.29. The van der Waals surface area contributed by atoms with Crippen molar-refractivity contribution >= 4 is 17.5 Å². The van der Waals surface area contributed by atoms with Crippen LogP contribution in [0.25, 0.3) is 0 Å². The van der Waals surface area contributed by atoms with E-state index in [4.69, 9.17) is 9.47 Å². The highest BCUT2D eigenvalue weighted by Gasteiger charge is 2.26. The van der Waals surface area contributed by atoms with Crippen molar-refractivity contribution in [3.8, 4) is 11.5 Å². The van der Waals surface area contributed by atoms with Crippen LogP contribution in [0.3, 0.4) is 0 Å². The highest BCUT2D eigenvalue weighted by Crippen LogP contribution is 2.29. The Balaban J connectivity index is 1.47. The van der Waals surface area contributed by atoms with Gasteiger partial charge in [-0.3, -0.25) is 4.79 Å². The molecule has 148 valence electrons. The van der Waals surface area contributed by atoms with Gasteiger partial charge in [-0.05, 0) is 41.8 Å². The quantitative estimate of drug-likeness (QED) is 0.696. The van der Waals surface area contributed by atoms with E-state index < -0.39 is 0 Å². The molecule has 7 nitrogen and oxygen atoms in total. The molecule has 1 N–H and O–H groups in total. The fourth-order valence-corrected chi connectivity index (χ4v) is 3.42. The average Bonchev–Trinajstić information content (AvgIpc) is 3.21. The number of hydrogen-bond donors (Lipinski definition) is 1. The van der Waals surface area contributed by atoms with Crippen molar-refractivity contribution in [2.45, 2.75) is 13.0 Å². The largest absolute Gasteiger partial charge is 0.493 e. The standard InChI is InChI=1S/C22H22N4O3/c1-28-19-8-7-15(13-20(19)29-2)14-24-22-23-11-9-17(25-22)21(27)26-12-10-16-5-3-4-6-18(16)26/h3-9,11,13H,10,12,14H2,1-2H3,(H,23,24,25). The van der Waals surface area contributed by atoms with Gasteiger partial charge < -0.3 is 19.7 Å². The lowest BCUT2D eigenvalue weighted by atomic mass is 10.2. The first-order valence-corrected chi connectivity index (χ1v) is 9.37. The number of benzene rings is 2. The molecule has 0 bridgehead atoms. The maximum absolute atomic E-state index is 13.0. The highest BCUT2D eigenvalue weighted by atomic mass is 16.5. The van der Waals surface area contributed by atoms with Gasteiger partial charge in [-0.25, -0.2) is 9.97 Å². The topological polar surface area (TPSA) is 76.6 Å². The number of para-hydroxylation sites is 1. The van der Waals surface area contributed by atoms with Gasteiger partial charge in [0.05, 0.1) is 14.2 Å². The van der Waals surface area contributed by atoms with Crippen LogP contribution in [0, 0.1) is 0 Å². The molecule has 3 aromatic rings. The number of hydrogen-bond acceptors (Lipinski definition) is 6. The third-order valence-electron chi connectivity index (χ3n) is 4.91. The van der Waals surface area contributed by atoms with Crippen LogP contribution in [0.5, 0.6) is 11.5 Å². The van der Waals surface area contributed by atoms with Crippen molar-refractivity contribution in [2.75, 3.05) is 31.0 Å². The van der Waals surface area contributed by atoms with Crippen LogP contribution in [-0.2, 0) is 13.0 Å². The number of methoxy groups -OCH3 is 2. The fraction of sp³-hybridized carbons (Fsp3) is 0.227. The number of aromatic nitrogens is 2. The lowest BCUT2D eigenvalue weighted by Crippen LogP contribution is -2.29. The van der Waals surface area contributed by atoms with E-state index in [1.807, 2.05) is 36.4 Å². The number of carbonyl (C=O) groups is 1. The number of amides is 1. The SMILES string of the molecule is COc1ccc(CNc2nccc(C(=O)N3CCc4ccccc43)n2)cc1OC. The molecule has 4 rings (SSSR count). The summed E-state index contributed by atoms with van der Waals surface area (Å²) in [6.07, 6.45) is 2.45. The molecule has 7 heteroatoms. The minimum Gasteiger partial charge on any atom is -0.493 e. The molecule has 0 spiro atoms. The summed E-state index contributed by atoms with van der Waals surface area (Å²) in [6.45, 7) is 1.15. The molecule has 0 radical (unpaired) electrons. The molecule has 2 aromatic carbocycles. The molecule has 2 heterocycles. The van der Waals surface area contributed by atoms with E-state index in [2.05, 4.69) is 21.4 Å². The zero-order chi connectivity index (χ0) is 20.2. The molecule has 0 unspecified atom stereocenters. The second-order valence-corrected chi connectivity index (χ2v) is 6.64. The molecule has 29 heavy (non-hydrogen) atoms. The lowest BCUT2D eigenvalue weighted by Gasteiger charge is -2.17. The highest BCUT2D eigenvalue weighted by molar-refractivity contribution is 6.06. The maximum atomic E-state index is 13.0. The average molecular weight is 390 g/mol. The minimum absolute atomic E-state index is 0.119. The summed E-state index contributed by atoms with van der Waals surface area (Å²) >= 11 is 0. The van der Waals surface area contributed by atoms with Gasteiger partial charge >= 0.3 is 0 Å². The van der Waals surface area contributed by atoms with Crippen molar-refractivity contribution in [3.63, 3.8) is 0 Å². The van der Waals surface area contributed by atoms with Gasteiger partial charge in [-0.2, -0.15) is 0 Å². The van der Waals surface area contributed by atoms with Crippen molar-refractivity contribution in [2.24, 2.45) is 0 Å². The predicted molar refractivity (Wildman–Crippen MR) is 111 cm³/mol. The second kappa shape index (κ2) is 8.18. The van der Waals surface area contributed by atoms with E-state index in [1.165, 1.54) is 5.56 Å². The van der Waals surface area contributed by atoms with Crippen LogP contribution in [0.4, 0.5) is 11.6 Å². The third kappa shape index (κ3) is 3.85. The molecule has 0 saturated heterocycles. The third-order valence-corrected chi connectivity index (χ3v) is 4.91. The van der Waals surface area contributed by atoms with E-state index in [9.17, 15) is 4.79 Å². The number of fused-ring (bicyclic) bond motifs is 1. The van der Waals surface area contributed by atoms with Crippen LogP contribution < -0.4 is 19.7 Å². The molecule has 1 amide bonds. The number of rotatable bonds is 6. The minimum atomic E-state index is -0.119. The molecule has 0 fully saturated rings.